The van der Waals surface area contributed by atoms with Gasteiger partial charge in [-0.3, -0.25) is 0 Å². The fourth-order valence-electron chi connectivity index (χ4n) is 2.28. The number of nitrogens with two attached hydrogens (primary N) is 1. The fourth-order valence-corrected chi connectivity index (χ4v) is 3.19. The van der Waals surface area contributed by atoms with E-state index in [-0.39, 0.29) is 5.92 Å². The van der Waals surface area contributed by atoms with Crippen LogP contribution in [0.5, 0.6) is 5.75 Å². The summed E-state index contributed by atoms with van der Waals surface area (Å²) in [6, 6.07) is 12.9. The number of rotatable bonds is 5. The Labute approximate surface area is 137 Å². The third kappa shape index (κ3) is 3.77. The van der Waals surface area contributed by atoms with Gasteiger partial charge in [0.15, 0.2) is 0 Å². The Morgan fingerprint density at radius 2 is 2.05 bits per heavy atom. The predicted molar refractivity (Wildman–Crippen MR) is 88.9 cm³/mol. The lowest BCUT2D eigenvalue weighted by Gasteiger charge is -2.23. The minimum atomic E-state index is -0.728. The van der Waals surface area contributed by atoms with Crippen LogP contribution in [0, 0.1) is 0 Å². The maximum atomic E-state index is 10.7. The van der Waals surface area contributed by atoms with Crippen molar-refractivity contribution in [1.82, 2.24) is 0 Å². The van der Waals surface area contributed by atoms with Crippen LogP contribution in [0.4, 0.5) is 0 Å². The molecule has 0 saturated carbocycles. The summed E-state index contributed by atoms with van der Waals surface area (Å²) in [5, 5.41) is 11.3. The third-order valence-electron chi connectivity index (χ3n) is 3.44. The average molecular weight is 371 g/mol. The molecule has 2 rings (SSSR count). The summed E-state index contributed by atoms with van der Waals surface area (Å²) in [5.74, 6) is 0.519. The van der Waals surface area contributed by atoms with E-state index in [0.29, 0.717) is 11.6 Å². The zero-order valence-corrected chi connectivity index (χ0v) is 13.9. The molecule has 0 aromatic heterocycles. The van der Waals surface area contributed by atoms with Crippen molar-refractivity contribution >= 4 is 27.5 Å². The van der Waals surface area contributed by atoms with Crippen LogP contribution in [0.15, 0.2) is 46.9 Å². The molecule has 0 spiro atoms. The van der Waals surface area contributed by atoms with Gasteiger partial charge in [0.2, 0.25) is 0 Å². The van der Waals surface area contributed by atoms with E-state index < -0.39 is 6.10 Å². The Hall–Kier alpha value is -1.07. The van der Waals surface area contributed by atoms with Crippen molar-refractivity contribution in [3.63, 3.8) is 0 Å². The molecule has 2 atom stereocenters. The van der Waals surface area contributed by atoms with Crippen molar-refractivity contribution in [2.75, 3.05) is 13.7 Å². The second-order valence-electron chi connectivity index (χ2n) is 4.73. The van der Waals surface area contributed by atoms with Crippen LogP contribution in [0.1, 0.15) is 23.1 Å². The highest BCUT2D eigenvalue weighted by Crippen LogP contribution is 2.36. The number of halogens is 2. The monoisotopic (exact) mass is 369 g/mol. The first-order valence-electron chi connectivity index (χ1n) is 6.54. The van der Waals surface area contributed by atoms with E-state index in [0.717, 1.165) is 21.3 Å². The molecule has 0 fully saturated rings. The molecule has 0 bridgehead atoms. The van der Waals surface area contributed by atoms with E-state index in [1.807, 2.05) is 24.3 Å². The first kappa shape index (κ1) is 16.3. The number of benzene rings is 2. The van der Waals surface area contributed by atoms with Gasteiger partial charge < -0.3 is 15.6 Å². The molecule has 0 heterocycles. The van der Waals surface area contributed by atoms with Gasteiger partial charge in [-0.25, -0.2) is 0 Å². The molecule has 5 heteroatoms. The SMILES string of the molecule is COc1cccc(C(CN)C(O)c2ccc(Cl)cc2Br)c1. The van der Waals surface area contributed by atoms with Gasteiger partial charge in [-0.15, -0.1) is 0 Å². The number of methoxy groups -OCH3 is 1. The van der Waals surface area contributed by atoms with Crippen LogP contribution < -0.4 is 10.5 Å². The lowest BCUT2D eigenvalue weighted by Crippen LogP contribution is -2.20. The van der Waals surface area contributed by atoms with Gasteiger partial charge in [-0.1, -0.05) is 45.7 Å². The van der Waals surface area contributed by atoms with Crippen LogP contribution in [0.3, 0.4) is 0 Å². The van der Waals surface area contributed by atoms with E-state index in [1.54, 1.807) is 25.3 Å². The summed E-state index contributed by atoms with van der Waals surface area (Å²) in [6.45, 7) is 0.323. The van der Waals surface area contributed by atoms with Crippen molar-refractivity contribution in [3.8, 4) is 5.75 Å². The molecule has 112 valence electrons. The summed E-state index contributed by atoms with van der Waals surface area (Å²) in [5.41, 5.74) is 7.57. The first-order chi connectivity index (χ1) is 10.1. The molecule has 0 saturated heterocycles. The van der Waals surface area contributed by atoms with Gasteiger partial charge in [0.05, 0.1) is 13.2 Å². The molecular formula is C16H17BrClNO2. The van der Waals surface area contributed by atoms with Gasteiger partial charge in [0, 0.05) is 22.0 Å². The highest BCUT2D eigenvalue weighted by atomic mass is 79.9. The molecule has 0 aliphatic carbocycles. The lowest BCUT2D eigenvalue weighted by atomic mass is 9.89. The largest absolute Gasteiger partial charge is 0.497 e. The molecule has 0 aliphatic rings. The summed E-state index contributed by atoms with van der Waals surface area (Å²) in [4.78, 5) is 0. The number of hydrogen-bond donors (Lipinski definition) is 2. The smallest absolute Gasteiger partial charge is 0.119 e. The molecule has 0 radical (unpaired) electrons. The molecule has 3 N–H and O–H groups in total. The van der Waals surface area contributed by atoms with E-state index >= 15 is 0 Å². The van der Waals surface area contributed by atoms with E-state index in [2.05, 4.69) is 15.9 Å². The minimum absolute atomic E-state index is 0.224. The number of ether oxygens (including phenoxy) is 1. The van der Waals surface area contributed by atoms with Crippen LogP contribution in [0.2, 0.25) is 5.02 Å². The molecule has 2 aromatic carbocycles. The quantitative estimate of drug-likeness (QED) is 0.839. The first-order valence-corrected chi connectivity index (χ1v) is 7.71. The highest BCUT2D eigenvalue weighted by Gasteiger charge is 2.23. The average Bonchev–Trinajstić information content (AvgIpc) is 2.48. The molecule has 0 amide bonds. The Morgan fingerprint density at radius 1 is 1.29 bits per heavy atom. The van der Waals surface area contributed by atoms with Gasteiger partial charge in [0.25, 0.3) is 0 Å². The van der Waals surface area contributed by atoms with Crippen molar-refractivity contribution in [3.05, 3.63) is 63.1 Å². The number of hydrogen-bond acceptors (Lipinski definition) is 3. The molecule has 3 nitrogen and oxygen atoms in total. The van der Waals surface area contributed by atoms with E-state index in [4.69, 9.17) is 22.1 Å². The van der Waals surface area contributed by atoms with Crippen molar-refractivity contribution in [2.24, 2.45) is 5.73 Å². The van der Waals surface area contributed by atoms with Crippen molar-refractivity contribution < 1.29 is 9.84 Å². The second-order valence-corrected chi connectivity index (χ2v) is 6.02. The summed E-state index contributed by atoms with van der Waals surface area (Å²) in [7, 11) is 1.61. The topological polar surface area (TPSA) is 55.5 Å². The van der Waals surface area contributed by atoms with Crippen molar-refractivity contribution in [1.29, 1.82) is 0 Å². The maximum absolute atomic E-state index is 10.7. The van der Waals surface area contributed by atoms with Gasteiger partial charge in [0.1, 0.15) is 5.75 Å². The highest BCUT2D eigenvalue weighted by molar-refractivity contribution is 9.10. The Morgan fingerprint density at radius 3 is 2.67 bits per heavy atom. The Balaban J connectivity index is 2.35. The normalized spacial score (nSPS) is 13.8. The van der Waals surface area contributed by atoms with Crippen LogP contribution in [-0.4, -0.2) is 18.8 Å². The fraction of sp³-hybridized carbons (Fsp3) is 0.250. The molecule has 0 aliphatic heterocycles. The summed E-state index contributed by atoms with van der Waals surface area (Å²) in [6.07, 6.45) is -0.728. The van der Waals surface area contributed by atoms with Crippen LogP contribution in [0.25, 0.3) is 0 Å². The zero-order chi connectivity index (χ0) is 15.4. The lowest BCUT2D eigenvalue weighted by molar-refractivity contribution is 0.146. The Bertz CT molecular complexity index is 621. The predicted octanol–water partition coefficient (Wildman–Crippen LogP) is 3.89. The zero-order valence-electron chi connectivity index (χ0n) is 11.6. The number of aliphatic hydroxyl groups excluding tert-OH is 1. The third-order valence-corrected chi connectivity index (χ3v) is 4.36. The maximum Gasteiger partial charge on any atom is 0.119 e. The minimum Gasteiger partial charge on any atom is -0.497 e. The second kappa shape index (κ2) is 7.27. The Kier molecular flexibility index (Phi) is 5.65. The van der Waals surface area contributed by atoms with Gasteiger partial charge in [-0.05, 0) is 35.4 Å². The van der Waals surface area contributed by atoms with E-state index in [1.165, 1.54) is 0 Å². The summed E-state index contributed by atoms with van der Waals surface area (Å²) < 4.78 is 5.99. The van der Waals surface area contributed by atoms with Gasteiger partial charge in [-0.2, -0.15) is 0 Å². The molecule has 2 unspecified atom stereocenters. The standard InChI is InChI=1S/C16H17BrClNO2/c1-21-12-4-2-3-10(7-12)14(9-19)16(20)13-6-5-11(18)8-15(13)17/h2-8,14,16,20H,9,19H2,1H3. The molecular weight excluding hydrogens is 354 g/mol. The van der Waals surface area contributed by atoms with E-state index in [9.17, 15) is 5.11 Å². The van der Waals surface area contributed by atoms with Crippen molar-refractivity contribution in [2.45, 2.75) is 12.0 Å². The van der Waals surface area contributed by atoms with Gasteiger partial charge >= 0.3 is 0 Å². The van der Waals surface area contributed by atoms with Crippen LogP contribution in [-0.2, 0) is 0 Å². The molecule has 21 heavy (non-hydrogen) atoms. The summed E-state index contributed by atoms with van der Waals surface area (Å²) >= 11 is 9.37. The number of aliphatic hydroxyl groups is 1. The van der Waals surface area contributed by atoms with Crippen LogP contribution >= 0.6 is 27.5 Å². The molecule has 2 aromatic rings.